The Kier molecular flexibility index (Phi) is 5.53. The van der Waals surface area contributed by atoms with Crippen molar-refractivity contribution in [1.82, 2.24) is 0 Å². The van der Waals surface area contributed by atoms with Crippen LogP contribution < -0.4 is 5.19 Å². The van der Waals surface area contributed by atoms with Crippen LogP contribution in [0.25, 0.3) is 0 Å². The maximum absolute atomic E-state index is 12.9. The predicted molar refractivity (Wildman–Crippen MR) is 125 cm³/mol. The zero-order valence-electron chi connectivity index (χ0n) is 18.8. The fourth-order valence-electron chi connectivity index (χ4n) is 6.03. The van der Waals surface area contributed by atoms with Crippen molar-refractivity contribution in [2.75, 3.05) is 6.61 Å². The number of aryl methyl sites for hydroxylation is 1. The summed E-state index contributed by atoms with van der Waals surface area (Å²) in [7, 11) is -5.51. The second kappa shape index (κ2) is 7.61. The summed E-state index contributed by atoms with van der Waals surface area (Å²) in [5.41, 5.74) is 1.85. The van der Waals surface area contributed by atoms with E-state index in [1.54, 1.807) is 12.1 Å². The smallest absolute Gasteiger partial charge is 0.266 e. The second-order valence-corrected chi connectivity index (χ2v) is 16.9. The van der Waals surface area contributed by atoms with E-state index >= 15 is 0 Å². The molecule has 2 bridgehead atoms. The number of hydrogen-bond donors (Lipinski definition) is 0. The minimum Gasteiger partial charge on any atom is -0.266 e. The highest BCUT2D eigenvalue weighted by atomic mass is 32.2. The molecule has 0 aromatic heterocycles. The topological polar surface area (TPSA) is 43.4 Å². The van der Waals surface area contributed by atoms with E-state index in [0.29, 0.717) is 18.1 Å². The molecule has 4 atom stereocenters. The van der Waals surface area contributed by atoms with Gasteiger partial charge in [-0.2, -0.15) is 8.42 Å². The van der Waals surface area contributed by atoms with Crippen molar-refractivity contribution in [2.24, 2.45) is 23.2 Å². The highest BCUT2D eigenvalue weighted by Gasteiger charge is 2.60. The van der Waals surface area contributed by atoms with Gasteiger partial charge in [-0.05, 0) is 60.6 Å². The number of fused-ring (bicyclic) bond motifs is 2. The van der Waals surface area contributed by atoms with Crippen LogP contribution in [-0.4, -0.2) is 23.1 Å². The van der Waals surface area contributed by atoms with Crippen LogP contribution in [0.3, 0.4) is 0 Å². The maximum atomic E-state index is 12.9. The lowest BCUT2D eigenvalue weighted by Gasteiger charge is -2.64. The fourth-order valence-corrected chi connectivity index (χ4v) is 10.7. The zero-order chi connectivity index (χ0) is 21.7. The van der Waals surface area contributed by atoms with E-state index in [1.165, 1.54) is 18.0 Å². The molecule has 0 saturated heterocycles. The first-order chi connectivity index (χ1) is 14.0. The first-order valence-corrected chi connectivity index (χ1v) is 15.5. The third kappa shape index (κ3) is 3.69. The fraction of sp³-hybridized carbons (Fsp3) is 0.520. The SMILES string of the molecule is Cc1ccc(S(=O)(=O)OC[C@H]2[C@@H]3C[C@H](C[C@@H]2[Si](C)(C)c2ccccc2)C3(C)C)cc1. The first-order valence-electron chi connectivity index (χ1n) is 11.0. The van der Waals surface area contributed by atoms with E-state index < -0.39 is 18.2 Å². The summed E-state index contributed by atoms with van der Waals surface area (Å²) in [6.45, 7) is 11.9. The molecule has 0 N–H and O–H groups in total. The minimum absolute atomic E-state index is 0.255. The lowest BCUT2D eigenvalue weighted by atomic mass is 9.45. The summed E-state index contributed by atoms with van der Waals surface area (Å²) in [6.07, 6.45) is 2.40. The van der Waals surface area contributed by atoms with E-state index in [9.17, 15) is 8.42 Å². The van der Waals surface area contributed by atoms with E-state index in [-0.39, 0.29) is 16.2 Å². The summed E-state index contributed by atoms with van der Waals surface area (Å²) in [5.74, 6) is 1.56. The monoisotopic (exact) mass is 442 g/mol. The van der Waals surface area contributed by atoms with E-state index in [4.69, 9.17) is 4.18 Å². The molecule has 2 aromatic rings. The Labute approximate surface area is 183 Å². The number of rotatable bonds is 6. The largest absolute Gasteiger partial charge is 0.296 e. The van der Waals surface area contributed by atoms with Crippen LogP contribution in [0, 0.1) is 30.1 Å². The zero-order valence-corrected chi connectivity index (χ0v) is 20.6. The molecule has 0 spiro atoms. The molecule has 0 aliphatic heterocycles. The molecular formula is C25H34O3SSi. The van der Waals surface area contributed by atoms with Crippen molar-refractivity contribution in [1.29, 1.82) is 0 Å². The van der Waals surface area contributed by atoms with Crippen molar-refractivity contribution < 1.29 is 12.6 Å². The van der Waals surface area contributed by atoms with Crippen molar-refractivity contribution in [2.45, 2.75) is 57.1 Å². The first kappa shape index (κ1) is 21.8. The molecular weight excluding hydrogens is 408 g/mol. The van der Waals surface area contributed by atoms with Crippen LogP contribution in [0.5, 0.6) is 0 Å². The molecule has 30 heavy (non-hydrogen) atoms. The average molecular weight is 443 g/mol. The van der Waals surface area contributed by atoms with Gasteiger partial charge in [0, 0.05) is 0 Å². The molecule has 5 heteroatoms. The van der Waals surface area contributed by atoms with Gasteiger partial charge in [0.1, 0.15) is 0 Å². The van der Waals surface area contributed by atoms with Gasteiger partial charge in [0.25, 0.3) is 10.1 Å². The van der Waals surface area contributed by atoms with E-state index in [2.05, 4.69) is 57.3 Å². The van der Waals surface area contributed by atoms with Crippen LogP contribution in [0.4, 0.5) is 0 Å². The summed E-state index contributed by atoms with van der Waals surface area (Å²) in [4.78, 5) is 0.255. The van der Waals surface area contributed by atoms with Crippen LogP contribution in [0.2, 0.25) is 18.6 Å². The number of hydrogen-bond acceptors (Lipinski definition) is 3. The minimum atomic E-state index is -3.74. The van der Waals surface area contributed by atoms with Crippen molar-refractivity contribution in [3.63, 3.8) is 0 Å². The molecule has 162 valence electrons. The predicted octanol–water partition coefficient (Wildman–Crippen LogP) is 5.37. The molecule has 3 fully saturated rings. The van der Waals surface area contributed by atoms with E-state index in [0.717, 1.165) is 11.5 Å². The lowest BCUT2D eigenvalue weighted by Crippen LogP contribution is -2.62. The Hall–Kier alpha value is -1.43. The van der Waals surface area contributed by atoms with Gasteiger partial charge in [-0.25, -0.2) is 0 Å². The molecule has 0 heterocycles. The molecule has 3 aliphatic carbocycles. The summed E-state index contributed by atoms with van der Waals surface area (Å²) >= 11 is 0. The normalized spacial score (nSPS) is 28.0. The van der Waals surface area contributed by atoms with Gasteiger partial charge in [0.15, 0.2) is 0 Å². The van der Waals surface area contributed by atoms with Gasteiger partial charge in [-0.1, -0.05) is 80.2 Å². The molecule has 0 unspecified atom stereocenters. The van der Waals surface area contributed by atoms with E-state index in [1.807, 2.05) is 19.1 Å². The third-order valence-electron chi connectivity index (χ3n) is 8.29. The number of benzene rings is 2. The Morgan fingerprint density at radius 2 is 1.63 bits per heavy atom. The molecule has 3 saturated carbocycles. The van der Waals surface area contributed by atoms with Gasteiger partial charge in [-0.15, -0.1) is 0 Å². The molecule has 5 rings (SSSR count). The van der Waals surface area contributed by atoms with Gasteiger partial charge in [0.2, 0.25) is 0 Å². The van der Waals surface area contributed by atoms with Crippen molar-refractivity contribution >= 4 is 23.4 Å². The quantitative estimate of drug-likeness (QED) is 0.446. The van der Waals surface area contributed by atoms with Crippen molar-refractivity contribution in [3.05, 3.63) is 60.2 Å². The Morgan fingerprint density at radius 1 is 1.00 bits per heavy atom. The highest BCUT2D eigenvalue weighted by molar-refractivity contribution is 7.86. The van der Waals surface area contributed by atoms with Gasteiger partial charge in [0.05, 0.1) is 19.6 Å². The average Bonchev–Trinajstić information content (AvgIpc) is 2.72. The summed E-state index contributed by atoms with van der Waals surface area (Å²) in [6, 6.07) is 17.8. The summed E-state index contributed by atoms with van der Waals surface area (Å²) in [5, 5.41) is 1.46. The highest BCUT2D eigenvalue weighted by Crippen LogP contribution is 2.66. The molecule has 3 aliphatic rings. The summed E-state index contributed by atoms with van der Waals surface area (Å²) < 4.78 is 31.5. The Balaban J connectivity index is 1.60. The van der Waals surface area contributed by atoms with Crippen LogP contribution in [-0.2, 0) is 14.3 Å². The van der Waals surface area contributed by atoms with Gasteiger partial charge < -0.3 is 0 Å². The van der Waals surface area contributed by atoms with Crippen LogP contribution in [0.15, 0.2) is 59.5 Å². The second-order valence-electron chi connectivity index (χ2n) is 10.5. The third-order valence-corrected chi connectivity index (χ3v) is 13.9. The van der Waals surface area contributed by atoms with Gasteiger partial charge in [-0.3, -0.25) is 4.18 Å². The van der Waals surface area contributed by atoms with Crippen molar-refractivity contribution in [3.8, 4) is 0 Å². The van der Waals surface area contributed by atoms with Gasteiger partial charge >= 0.3 is 0 Å². The molecule has 3 nitrogen and oxygen atoms in total. The maximum Gasteiger partial charge on any atom is 0.296 e. The van der Waals surface area contributed by atoms with Crippen LogP contribution in [0.1, 0.15) is 32.3 Å². The molecule has 0 amide bonds. The lowest BCUT2D eigenvalue weighted by molar-refractivity contribution is -0.114. The Morgan fingerprint density at radius 3 is 2.23 bits per heavy atom. The molecule has 0 radical (unpaired) electrons. The standard InChI is InChI=1S/C25H34O3SSi/c1-18-11-13-20(14-12-18)29(26,27)28-17-22-23-15-19(25(23,2)3)16-24(22)30(4,5)21-9-7-6-8-10-21/h6-14,19,22-24H,15-17H2,1-5H3/t19-,22+,23+,24+/m1/s1. The Bertz CT molecular complexity index is 996. The molecule has 2 aromatic carbocycles. The van der Waals surface area contributed by atoms with Crippen LogP contribution >= 0.6 is 0 Å².